The Morgan fingerprint density at radius 2 is 1.74 bits per heavy atom. The van der Waals surface area contributed by atoms with Gasteiger partial charge in [0.25, 0.3) is 5.91 Å². The first-order chi connectivity index (χ1) is 12.9. The molecule has 1 amide bonds. The molecule has 0 spiro atoms. The van der Waals surface area contributed by atoms with E-state index in [1.165, 1.54) is 38.3 Å². The van der Waals surface area contributed by atoms with Crippen molar-refractivity contribution in [2.45, 2.75) is 13.0 Å². The number of ether oxygens (including phenoxy) is 2. The van der Waals surface area contributed by atoms with E-state index in [-0.39, 0.29) is 5.69 Å². The molecule has 1 unspecified atom stereocenters. The zero-order valence-electron chi connectivity index (χ0n) is 14.8. The van der Waals surface area contributed by atoms with E-state index < -0.39 is 29.8 Å². The van der Waals surface area contributed by atoms with Crippen molar-refractivity contribution >= 4 is 29.6 Å². The number of methoxy groups -OCH3 is 1. The quantitative estimate of drug-likeness (QED) is 0.623. The third-order valence-corrected chi connectivity index (χ3v) is 3.54. The maximum atomic E-state index is 13.5. The average molecular weight is 371 g/mol. The molecule has 0 radical (unpaired) electrons. The number of hydrogen-bond acceptors (Lipinski definition) is 5. The van der Waals surface area contributed by atoms with Gasteiger partial charge < -0.3 is 14.8 Å². The molecule has 0 aliphatic carbocycles. The molecule has 0 aliphatic heterocycles. The van der Waals surface area contributed by atoms with E-state index in [2.05, 4.69) is 10.1 Å². The van der Waals surface area contributed by atoms with Gasteiger partial charge in [0.05, 0.1) is 18.4 Å². The molecule has 2 aromatic carbocycles. The van der Waals surface area contributed by atoms with Gasteiger partial charge in [-0.05, 0) is 42.8 Å². The van der Waals surface area contributed by atoms with E-state index in [1.54, 1.807) is 30.3 Å². The van der Waals surface area contributed by atoms with Crippen LogP contribution in [0.15, 0.2) is 54.6 Å². The fourth-order valence-electron chi connectivity index (χ4n) is 2.08. The summed E-state index contributed by atoms with van der Waals surface area (Å²) < 4.78 is 23.1. The molecule has 0 heterocycles. The van der Waals surface area contributed by atoms with Gasteiger partial charge in [0.15, 0.2) is 6.10 Å². The summed E-state index contributed by atoms with van der Waals surface area (Å²) in [6.07, 6.45) is 1.52. The van der Waals surface area contributed by atoms with Crippen LogP contribution in [0.4, 0.5) is 10.1 Å². The van der Waals surface area contributed by atoms with Crippen molar-refractivity contribution in [1.29, 1.82) is 0 Å². The highest BCUT2D eigenvalue weighted by Crippen LogP contribution is 2.13. The Labute approximate surface area is 155 Å². The molecule has 0 saturated heterocycles. The summed E-state index contributed by atoms with van der Waals surface area (Å²) in [6.45, 7) is 1.38. The molecule has 2 rings (SSSR count). The topological polar surface area (TPSA) is 81.7 Å². The molecule has 6 nitrogen and oxygen atoms in total. The number of para-hydroxylation sites is 1. The summed E-state index contributed by atoms with van der Waals surface area (Å²) in [4.78, 5) is 35.2. The maximum absolute atomic E-state index is 13.5. The number of anilines is 1. The van der Waals surface area contributed by atoms with E-state index in [0.717, 1.165) is 6.08 Å². The number of hydrogen-bond donors (Lipinski definition) is 1. The molecule has 27 heavy (non-hydrogen) atoms. The number of carbonyl (C=O) groups excluding carboxylic acids is 3. The predicted molar refractivity (Wildman–Crippen MR) is 97.4 cm³/mol. The summed E-state index contributed by atoms with van der Waals surface area (Å²) in [5, 5.41) is 2.35. The minimum Gasteiger partial charge on any atom is -0.465 e. The molecule has 140 valence electrons. The normalized spacial score (nSPS) is 11.7. The molecule has 0 aromatic heterocycles. The summed E-state index contributed by atoms with van der Waals surface area (Å²) in [7, 11) is 1.29. The molecule has 0 aliphatic rings. The second-order valence-electron chi connectivity index (χ2n) is 5.50. The highest BCUT2D eigenvalue weighted by atomic mass is 19.1. The van der Waals surface area contributed by atoms with Crippen LogP contribution in [0.5, 0.6) is 0 Å². The third-order valence-electron chi connectivity index (χ3n) is 3.54. The minimum absolute atomic E-state index is 0.00615. The Bertz CT molecular complexity index is 861. The fourth-order valence-corrected chi connectivity index (χ4v) is 2.08. The second kappa shape index (κ2) is 9.28. The molecule has 0 saturated carbocycles. The van der Waals surface area contributed by atoms with Crippen LogP contribution >= 0.6 is 0 Å². The number of carbonyl (C=O) groups is 3. The number of nitrogens with one attached hydrogen (secondary N) is 1. The Hall–Kier alpha value is -3.48. The number of halogens is 1. The van der Waals surface area contributed by atoms with Gasteiger partial charge in [-0.25, -0.2) is 14.0 Å². The van der Waals surface area contributed by atoms with E-state index in [1.807, 2.05) is 0 Å². The van der Waals surface area contributed by atoms with Crippen molar-refractivity contribution in [3.05, 3.63) is 71.6 Å². The van der Waals surface area contributed by atoms with Crippen molar-refractivity contribution < 1.29 is 28.2 Å². The first-order valence-corrected chi connectivity index (χ1v) is 8.03. The SMILES string of the molecule is COC(=O)c1ccc(/C=C/C(=O)OC(C)C(=O)Nc2ccccc2F)cc1. The van der Waals surface area contributed by atoms with Crippen molar-refractivity contribution in [3.63, 3.8) is 0 Å². The van der Waals surface area contributed by atoms with Crippen molar-refractivity contribution in [3.8, 4) is 0 Å². The summed E-state index contributed by atoms with van der Waals surface area (Å²) in [6, 6.07) is 12.1. The maximum Gasteiger partial charge on any atom is 0.337 e. The van der Waals surface area contributed by atoms with Crippen molar-refractivity contribution in [2.24, 2.45) is 0 Å². The summed E-state index contributed by atoms with van der Waals surface area (Å²) >= 11 is 0. The first kappa shape index (κ1) is 19.8. The lowest BCUT2D eigenvalue weighted by Gasteiger charge is -2.12. The molecule has 0 bridgehead atoms. The molecule has 2 aromatic rings. The Morgan fingerprint density at radius 3 is 2.37 bits per heavy atom. The van der Waals surface area contributed by atoms with E-state index in [9.17, 15) is 18.8 Å². The van der Waals surface area contributed by atoms with Crippen LogP contribution in [0.25, 0.3) is 6.08 Å². The Balaban J connectivity index is 1.90. The van der Waals surface area contributed by atoms with Gasteiger partial charge in [-0.2, -0.15) is 0 Å². The summed E-state index contributed by atoms with van der Waals surface area (Å²) in [5.74, 6) is -2.42. The summed E-state index contributed by atoms with van der Waals surface area (Å²) in [5.41, 5.74) is 1.05. The Kier molecular flexibility index (Phi) is 6.82. The van der Waals surface area contributed by atoms with Crippen LogP contribution in [-0.2, 0) is 19.1 Å². The Morgan fingerprint density at radius 1 is 1.07 bits per heavy atom. The molecular formula is C20H18FNO5. The van der Waals surface area contributed by atoms with Crippen LogP contribution in [0, 0.1) is 5.82 Å². The zero-order chi connectivity index (χ0) is 19.8. The second-order valence-corrected chi connectivity index (χ2v) is 5.50. The monoisotopic (exact) mass is 371 g/mol. The van der Waals surface area contributed by atoms with Crippen molar-refractivity contribution in [1.82, 2.24) is 0 Å². The average Bonchev–Trinajstić information content (AvgIpc) is 2.67. The van der Waals surface area contributed by atoms with Gasteiger partial charge in [-0.15, -0.1) is 0 Å². The number of esters is 2. The smallest absolute Gasteiger partial charge is 0.337 e. The zero-order valence-corrected chi connectivity index (χ0v) is 14.8. The van der Waals surface area contributed by atoms with Crippen LogP contribution in [0.3, 0.4) is 0 Å². The van der Waals surface area contributed by atoms with Crippen LogP contribution in [0.2, 0.25) is 0 Å². The van der Waals surface area contributed by atoms with Crippen molar-refractivity contribution in [2.75, 3.05) is 12.4 Å². The predicted octanol–water partition coefficient (Wildman–Crippen LogP) is 3.20. The first-order valence-electron chi connectivity index (χ1n) is 8.03. The lowest BCUT2D eigenvalue weighted by atomic mass is 10.1. The van der Waals surface area contributed by atoms with Crippen LogP contribution in [0.1, 0.15) is 22.8 Å². The van der Waals surface area contributed by atoms with Crippen LogP contribution < -0.4 is 5.32 Å². The van der Waals surface area contributed by atoms with E-state index >= 15 is 0 Å². The molecule has 1 atom stereocenters. The van der Waals surface area contributed by atoms with Gasteiger partial charge in [-0.1, -0.05) is 24.3 Å². The van der Waals surface area contributed by atoms with Gasteiger partial charge in [0, 0.05) is 6.08 Å². The largest absolute Gasteiger partial charge is 0.465 e. The lowest BCUT2D eigenvalue weighted by Crippen LogP contribution is -2.29. The highest BCUT2D eigenvalue weighted by Gasteiger charge is 2.17. The lowest BCUT2D eigenvalue weighted by molar-refractivity contribution is -0.148. The molecular weight excluding hydrogens is 353 g/mol. The highest BCUT2D eigenvalue weighted by molar-refractivity contribution is 5.96. The third kappa shape index (κ3) is 5.78. The van der Waals surface area contributed by atoms with Gasteiger partial charge in [0.1, 0.15) is 5.82 Å². The number of amides is 1. The van der Waals surface area contributed by atoms with E-state index in [0.29, 0.717) is 11.1 Å². The van der Waals surface area contributed by atoms with Crippen LogP contribution in [-0.4, -0.2) is 31.1 Å². The molecule has 1 N–H and O–H groups in total. The van der Waals surface area contributed by atoms with Gasteiger partial charge in [0.2, 0.25) is 0 Å². The number of benzene rings is 2. The number of rotatable bonds is 6. The minimum atomic E-state index is -1.11. The van der Waals surface area contributed by atoms with Gasteiger partial charge in [-0.3, -0.25) is 4.79 Å². The van der Waals surface area contributed by atoms with Gasteiger partial charge >= 0.3 is 11.9 Å². The van der Waals surface area contributed by atoms with E-state index in [4.69, 9.17) is 4.74 Å². The molecule has 0 fully saturated rings. The molecule has 7 heteroatoms. The standard InChI is InChI=1S/C20H18FNO5/c1-13(19(24)22-17-6-4-3-5-16(17)21)27-18(23)12-9-14-7-10-15(11-8-14)20(25)26-2/h3-13H,1-2H3,(H,22,24)/b12-9+. The fraction of sp³-hybridized carbons (Fsp3) is 0.150.